The lowest BCUT2D eigenvalue weighted by atomic mass is 10.1. The molecule has 38 heavy (non-hydrogen) atoms. The highest BCUT2D eigenvalue weighted by Crippen LogP contribution is 2.39. The van der Waals surface area contributed by atoms with E-state index in [0.29, 0.717) is 24.0 Å². The number of alkyl halides is 6. The zero-order chi connectivity index (χ0) is 27.9. The summed E-state index contributed by atoms with van der Waals surface area (Å²) < 4.78 is 128. The average Bonchev–Trinajstić information content (AvgIpc) is 3.20. The predicted octanol–water partition coefficient (Wildman–Crippen LogP) is 5.68. The van der Waals surface area contributed by atoms with Crippen LogP contribution in [0.2, 0.25) is 0 Å². The summed E-state index contributed by atoms with van der Waals surface area (Å²) >= 11 is 0. The number of aryl methyl sites for hydroxylation is 1. The van der Waals surface area contributed by atoms with E-state index in [2.05, 4.69) is 9.97 Å². The third-order valence-electron chi connectivity index (χ3n) is 5.52. The second-order valence-electron chi connectivity index (χ2n) is 8.29. The molecular formula is C23H18F7N3O4S. The Morgan fingerprint density at radius 2 is 1.82 bits per heavy atom. The minimum atomic E-state index is -5.02. The van der Waals surface area contributed by atoms with E-state index in [4.69, 9.17) is 9.47 Å². The van der Waals surface area contributed by atoms with Crippen LogP contribution in [0.1, 0.15) is 29.2 Å². The summed E-state index contributed by atoms with van der Waals surface area (Å²) in [5.74, 6) is -3.61. The highest BCUT2D eigenvalue weighted by Gasteiger charge is 2.36. The summed E-state index contributed by atoms with van der Waals surface area (Å²) in [6.45, 7) is 0. The molecule has 7 nitrogen and oxygen atoms in total. The highest BCUT2D eigenvalue weighted by molar-refractivity contribution is 7.92. The van der Waals surface area contributed by atoms with Crippen molar-refractivity contribution in [3.8, 4) is 23.0 Å². The number of fused-ring (bicyclic) bond motifs is 1. The van der Waals surface area contributed by atoms with Crippen molar-refractivity contribution in [2.45, 2.75) is 31.3 Å². The van der Waals surface area contributed by atoms with Crippen LogP contribution in [-0.2, 0) is 22.6 Å². The lowest BCUT2D eigenvalue weighted by molar-refractivity contribution is -0.137. The number of ether oxygens (including phenoxy) is 2. The summed E-state index contributed by atoms with van der Waals surface area (Å²) in [6.07, 6.45) is -8.52. The molecule has 1 aliphatic carbocycles. The average molecular weight is 565 g/mol. The van der Waals surface area contributed by atoms with Crippen LogP contribution in [0.4, 0.5) is 36.4 Å². The lowest BCUT2D eigenvalue weighted by Crippen LogP contribution is -2.28. The smallest absolute Gasteiger partial charge is 0.416 e. The van der Waals surface area contributed by atoms with Gasteiger partial charge in [-0.05, 0) is 48.2 Å². The zero-order valence-corrected chi connectivity index (χ0v) is 20.1. The van der Waals surface area contributed by atoms with E-state index >= 15 is 0 Å². The Kier molecular flexibility index (Phi) is 7.16. The molecule has 0 aliphatic heterocycles. The van der Waals surface area contributed by atoms with Crippen molar-refractivity contribution in [1.82, 2.24) is 9.97 Å². The molecule has 1 aliphatic rings. The van der Waals surface area contributed by atoms with Gasteiger partial charge in [0.15, 0.2) is 5.75 Å². The molecule has 0 saturated carbocycles. The largest absolute Gasteiger partial charge is 0.480 e. The number of pyridine rings is 2. The molecule has 1 atom stereocenters. The first-order valence-corrected chi connectivity index (χ1v) is 12.5. The molecule has 2 heterocycles. The van der Waals surface area contributed by atoms with Crippen LogP contribution in [0, 0.1) is 5.82 Å². The maximum absolute atomic E-state index is 14.7. The van der Waals surface area contributed by atoms with Gasteiger partial charge in [-0.3, -0.25) is 4.72 Å². The van der Waals surface area contributed by atoms with Gasteiger partial charge in [0.1, 0.15) is 23.3 Å². The van der Waals surface area contributed by atoms with Crippen LogP contribution < -0.4 is 14.2 Å². The number of methoxy groups -OCH3 is 1. The van der Waals surface area contributed by atoms with E-state index < -0.39 is 57.0 Å². The predicted molar refractivity (Wildman–Crippen MR) is 121 cm³/mol. The number of sulfonamides is 1. The quantitative estimate of drug-likeness (QED) is 0.371. The van der Waals surface area contributed by atoms with Crippen molar-refractivity contribution >= 4 is 15.7 Å². The van der Waals surface area contributed by atoms with E-state index in [1.165, 1.54) is 6.07 Å². The summed E-state index contributed by atoms with van der Waals surface area (Å²) in [4.78, 5) is 7.85. The first kappa shape index (κ1) is 27.4. The molecule has 0 spiro atoms. The summed E-state index contributed by atoms with van der Waals surface area (Å²) in [5.41, 5.74) is -0.878. The Morgan fingerprint density at radius 3 is 2.47 bits per heavy atom. The number of anilines is 1. The Balaban J connectivity index is 1.64. The first-order chi connectivity index (χ1) is 17.6. The topological polar surface area (TPSA) is 90.4 Å². The second kappa shape index (κ2) is 9.93. The van der Waals surface area contributed by atoms with E-state index in [0.717, 1.165) is 43.6 Å². The molecule has 1 unspecified atom stereocenters. The summed E-state index contributed by atoms with van der Waals surface area (Å²) in [6, 6.07) is 6.45. The number of aromatic nitrogens is 2. The Hall–Kier alpha value is -3.62. The van der Waals surface area contributed by atoms with Crippen LogP contribution in [0.5, 0.6) is 11.8 Å². The zero-order valence-electron chi connectivity index (χ0n) is 19.3. The van der Waals surface area contributed by atoms with E-state index in [1.54, 1.807) is 4.72 Å². The molecule has 0 saturated heterocycles. The van der Waals surface area contributed by atoms with Crippen molar-refractivity contribution in [2.24, 2.45) is 0 Å². The molecule has 1 N–H and O–H groups in total. The van der Waals surface area contributed by atoms with Gasteiger partial charge in [-0.15, -0.1) is 0 Å². The fourth-order valence-electron chi connectivity index (χ4n) is 3.94. The van der Waals surface area contributed by atoms with Crippen molar-refractivity contribution in [1.29, 1.82) is 0 Å². The third kappa shape index (κ3) is 6.26. The molecule has 0 radical (unpaired) electrons. The van der Waals surface area contributed by atoms with Gasteiger partial charge in [-0.25, -0.2) is 22.8 Å². The maximum atomic E-state index is 14.7. The molecule has 3 aromatic rings. The fourth-order valence-corrected chi connectivity index (χ4v) is 4.92. The molecule has 0 fully saturated rings. The van der Waals surface area contributed by atoms with Crippen LogP contribution in [0.3, 0.4) is 0 Å². The number of nitrogens with zero attached hydrogens (tertiary/aromatic N) is 2. The van der Waals surface area contributed by atoms with Gasteiger partial charge in [-0.2, -0.15) is 26.3 Å². The standard InChI is InChI=1S/C23H18F7N3O4S/c1-36-21-17(33-38(34,35)11-22(25,26)27)8-13(10-31-21)20-16(24)5-7-19(32-20)37-18-6-3-12-2-4-14(9-15(12)18)23(28,29)30/h2,4-5,7-10,18,33H,3,6,11H2,1H3. The molecule has 1 aromatic carbocycles. The van der Waals surface area contributed by atoms with E-state index in [1.807, 2.05) is 0 Å². The van der Waals surface area contributed by atoms with Crippen LogP contribution in [0.15, 0.2) is 42.6 Å². The molecule has 204 valence electrons. The molecule has 4 rings (SSSR count). The third-order valence-corrected chi connectivity index (χ3v) is 6.75. The molecule has 2 aromatic heterocycles. The number of hydrogen-bond acceptors (Lipinski definition) is 6. The lowest BCUT2D eigenvalue weighted by Gasteiger charge is -2.17. The van der Waals surface area contributed by atoms with Crippen LogP contribution >= 0.6 is 0 Å². The minimum absolute atomic E-state index is 0.135. The van der Waals surface area contributed by atoms with Gasteiger partial charge in [0.2, 0.25) is 21.8 Å². The van der Waals surface area contributed by atoms with Gasteiger partial charge >= 0.3 is 12.4 Å². The molecule has 15 heteroatoms. The molecular weight excluding hydrogens is 547 g/mol. The Morgan fingerprint density at radius 1 is 1.08 bits per heavy atom. The maximum Gasteiger partial charge on any atom is 0.416 e. The van der Waals surface area contributed by atoms with E-state index in [9.17, 15) is 39.2 Å². The second-order valence-corrected chi connectivity index (χ2v) is 10.0. The summed E-state index contributed by atoms with van der Waals surface area (Å²) in [7, 11) is -3.82. The fraction of sp³-hybridized carbons (Fsp3) is 0.304. The van der Waals surface area contributed by atoms with Crippen molar-refractivity contribution in [2.75, 3.05) is 17.6 Å². The SMILES string of the molecule is COc1ncc(-c2nc(OC3CCc4ccc(C(F)(F)F)cc43)ccc2F)cc1NS(=O)(=O)CC(F)(F)F. The van der Waals surface area contributed by atoms with Gasteiger partial charge in [0, 0.05) is 17.8 Å². The number of hydrogen-bond donors (Lipinski definition) is 1. The van der Waals surface area contributed by atoms with E-state index in [-0.39, 0.29) is 17.3 Å². The molecule has 0 amide bonds. The molecule has 0 bridgehead atoms. The van der Waals surface area contributed by atoms with Crippen molar-refractivity contribution < 1.29 is 48.6 Å². The number of halogens is 7. The number of benzene rings is 1. The normalized spacial score (nSPS) is 15.7. The monoisotopic (exact) mass is 565 g/mol. The van der Waals surface area contributed by atoms with Crippen molar-refractivity contribution in [3.63, 3.8) is 0 Å². The Bertz CT molecular complexity index is 1460. The van der Waals surface area contributed by atoms with Gasteiger partial charge < -0.3 is 9.47 Å². The number of rotatable bonds is 7. The van der Waals surface area contributed by atoms with Crippen LogP contribution in [-0.4, -0.2) is 37.4 Å². The van der Waals surface area contributed by atoms with Gasteiger partial charge in [0.25, 0.3) is 0 Å². The van der Waals surface area contributed by atoms with Crippen LogP contribution in [0.25, 0.3) is 11.3 Å². The first-order valence-electron chi connectivity index (χ1n) is 10.8. The highest BCUT2D eigenvalue weighted by atomic mass is 32.2. The van der Waals surface area contributed by atoms with Crippen molar-refractivity contribution in [3.05, 3.63) is 65.1 Å². The summed E-state index contributed by atoms with van der Waals surface area (Å²) in [5, 5.41) is 0. The van der Waals surface area contributed by atoms with Gasteiger partial charge in [0.05, 0.1) is 12.7 Å². The van der Waals surface area contributed by atoms with Gasteiger partial charge in [-0.1, -0.05) is 6.07 Å². The Labute approximate surface area is 211 Å². The minimum Gasteiger partial charge on any atom is -0.480 e. The number of nitrogens with one attached hydrogen (secondary N) is 1.